The van der Waals surface area contributed by atoms with Gasteiger partial charge in [0.1, 0.15) is 0 Å². The largest absolute Gasteiger partial charge is 0.490 e. The topological polar surface area (TPSA) is 35.5 Å². The molecule has 0 aliphatic rings. The maximum Gasteiger partial charge on any atom is 0.311 e. The fourth-order valence-corrected chi connectivity index (χ4v) is 2.01. The normalized spacial score (nSPS) is 10.2. The highest BCUT2D eigenvalue weighted by molar-refractivity contribution is 6.30. The Labute approximate surface area is 129 Å². The van der Waals surface area contributed by atoms with Crippen LogP contribution < -0.4 is 9.47 Å². The van der Waals surface area contributed by atoms with Crippen molar-refractivity contribution in [2.75, 3.05) is 6.61 Å². The first-order valence-electron chi connectivity index (χ1n) is 6.86. The minimum absolute atomic E-state index is 0.280. The van der Waals surface area contributed by atoms with Crippen LogP contribution in [-0.4, -0.2) is 12.6 Å². The molecule has 0 spiro atoms. The number of hydrogen-bond acceptors (Lipinski definition) is 3. The molecule has 2 aromatic rings. The zero-order chi connectivity index (χ0) is 15.1. The zero-order valence-corrected chi connectivity index (χ0v) is 12.6. The lowest BCUT2D eigenvalue weighted by molar-refractivity contribution is -0.134. The Hall–Kier alpha value is -2.00. The number of ether oxygens (including phenoxy) is 2. The molecule has 0 heterocycles. The molecule has 0 atom stereocenters. The lowest BCUT2D eigenvalue weighted by atomic mass is 10.1. The van der Waals surface area contributed by atoms with Crippen LogP contribution in [0.3, 0.4) is 0 Å². The molecule has 0 saturated heterocycles. The number of para-hydroxylation sites is 2. The summed E-state index contributed by atoms with van der Waals surface area (Å²) < 4.78 is 10.8. The van der Waals surface area contributed by atoms with E-state index in [9.17, 15) is 4.79 Å². The van der Waals surface area contributed by atoms with Crippen LogP contribution in [0.4, 0.5) is 0 Å². The predicted octanol–water partition coefficient (Wildman–Crippen LogP) is 4.28. The van der Waals surface area contributed by atoms with Gasteiger partial charge in [0, 0.05) is 11.4 Å². The minimum atomic E-state index is -0.280. The van der Waals surface area contributed by atoms with Crippen LogP contribution in [0.5, 0.6) is 11.5 Å². The van der Waals surface area contributed by atoms with E-state index in [2.05, 4.69) is 0 Å². The van der Waals surface area contributed by atoms with Gasteiger partial charge in [-0.25, -0.2) is 0 Å². The van der Waals surface area contributed by atoms with Gasteiger partial charge >= 0.3 is 5.97 Å². The SMILES string of the molecule is CCOc1ccccc1OC(=O)CCc1ccc(Cl)cc1. The molecule has 0 aliphatic heterocycles. The Kier molecular flexibility index (Phi) is 5.64. The standard InChI is InChI=1S/C17H17ClO3/c1-2-20-15-5-3-4-6-16(15)21-17(19)12-9-13-7-10-14(18)11-8-13/h3-8,10-11H,2,9,12H2,1H3. The summed E-state index contributed by atoms with van der Waals surface area (Å²) in [5.74, 6) is 0.761. The van der Waals surface area contributed by atoms with E-state index in [0.29, 0.717) is 36.0 Å². The van der Waals surface area contributed by atoms with Gasteiger partial charge in [0.15, 0.2) is 11.5 Å². The summed E-state index contributed by atoms with van der Waals surface area (Å²) in [7, 11) is 0. The second kappa shape index (κ2) is 7.70. The summed E-state index contributed by atoms with van der Waals surface area (Å²) in [4.78, 5) is 11.9. The second-order valence-electron chi connectivity index (χ2n) is 4.48. The van der Waals surface area contributed by atoms with E-state index < -0.39 is 0 Å². The van der Waals surface area contributed by atoms with E-state index in [1.807, 2.05) is 43.3 Å². The lowest BCUT2D eigenvalue weighted by Crippen LogP contribution is -2.10. The van der Waals surface area contributed by atoms with Crippen LogP contribution in [0.1, 0.15) is 18.9 Å². The quantitative estimate of drug-likeness (QED) is 0.590. The molecule has 2 aromatic carbocycles. The number of hydrogen-bond donors (Lipinski definition) is 0. The van der Waals surface area contributed by atoms with Gasteiger partial charge < -0.3 is 9.47 Å². The summed E-state index contributed by atoms with van der Waals surface area (Å²) in [6.07, 6.45) is 0.925. The number of carbonyl (C=O) groups excluding carboxylic acids is 1. The minimum Gasteiger partial charge on any atom is -0.490 e. The van der Waals surface area contributed by atoms with Crippen molar-refractivity contribution in [2.24, 2.45) is 0 Å². The Morgan fingerprint density at radius 1 is 1.05 bits per heavy atom. The van der Waals surface area contributed by atoms with Gasteiger partial charge in [-0.05, 0) is 43.2 Å². The van der Waals surface area contributed by atoms with Crippen molar-refractivity contribution in [1.82, 2.24) is 0 Å². The molecule has 0 amide bonds. The Bertz CT molecular complexity index is 593. The highest BCUT2D eigenvalue weighted by Gasteiger charge is 2.10. The van der Waals surface area contributed by atoms with Crippen LogP contribution in [0.15, 0.2) is 48.5 Å². The summed E-state index contributed by atoms with van der Waals surface area (Å²) in [6.45, 7) is 2.42. The lowest BCUT2D eigenvalue weighted by Gasteiger charge is -2.10. The highest BCUT2D eigenvalue weighted by Crippen LogP contribution is 2.26. The summed E-state index contributed by atoms with van der Waals surface area (Å²) in [5, 5.41) is 0.687. The third kappa shape index (κ3) is 4.80. The molecule has 0 aliphatic carbocycles. The van der Waals surface area contributed by atoms with Crippen molar-refractivity contribution in [3.63, 3.8) is 0 Å². The van der Waals surface area contributed by atoms with Gasteiger partial charge in [-0.2, -0.15) is 0 Å². The van der Waals surface area contributed by atoms with Crippen molar-refractivity contribution in [1.29, 1.82) is 0 Å². The van der Waals surface area contributed by atoms with Crippen LogP contribution in [0.25, 0.3) is 0 Å². The Balaban J connectivity index is 1.91. The Morgan fingerprint density at radius 2 is 1.71 bits per heavy atom. The fourth-order valence-electron chi connectivity index (χ4n) is 1.88. The first-order chi connectivity index (χ1) is 10.2. The number of carbonyl (C=O) groups is 1. The van der Waals surface area contributed by atoms with Gasteiger partial charge in [-0.15, -0.1) is 0 Å². The van der Waals surface area contributed by atoms with Gasteiger partial charge in [0.25, 0.3) is 0 Å². The maximum atomic E-state index is 11.9. The average molecular weight is 305 g/mol. The van der Waals surface area contributed by atoms with Gasteiger partial charge in [-0.1, -0.05) is 35.9 Å². The predicted molar refractivity (Wildman–Crippen MR) is 83.0 cm³/mol. The molecule has 0 saturated carbocycles. The van der Waals surface area contributed by atoms with Crippen molar-refractivity contribution >= 4 is 17.6 Å². The van der Waals surface area contributed by atoms with Crippen molar-refractivity contribution < 1.29 is 14.3 Å². The second-order valence-corrected chi connectivity index (χ2v) is 4.92. The van der Waals surface area contributed by atoms with Crippen molar-refractivity contribution in [3.8, 4) is 11.5 Å². The van der Waals surface area contributed by atoms with E-state index in [-0.39, 0.29) is 5.97 Å². The van der Waals surface area contributed by atoms with Crippen LogP contribution in [0.2, 0.25) is 5.02 Å². The molecule has 21 heavy (non-hydrogen) atoms. The first-order valence-corrected chi connectivity index (χ1v) is 7.24. The first kappa shape index (κ1) is 15.4. The number of halogens is 1. The molecule has 3 nitrogen and oxygen atoms in total. The molecule has 2 rings (SSSR count). The van der Waals surface area contributed by atoms with Crippen molar-refractivity contribution in [2.45, 2.75) is 19.8 Å². The third-order valence-electron chi connectivity index (χ3n) is 2.90. The zero-order valence-electron chi connectivity index (χ0n) is 11.8. The number of rotatable bonds is 6. The molecule has 4 heteroatoms. The van der Waals surface area contributed by atoms with Crippen LogP contribution >= 0.6 is 11.6 Å². The molecule has 110 valence electrons. The molecular formula is C17H17ClO3. The summed E-state index contributed by atoms with van der Waals surface area (Å²) in [6, 6.07) is 14.6. The van der Waals surface area contributed by atoms with Gasteiger partial charge in [-0.3, -0.25) is 4.79 Å². The van der Waals surface area contributed by atoms with E-state index in [1.54, 1.807) is 12.1 Å². The van der Waals surface area contributed by atoms with E-state index in [4.69, 9.17) is 21.1 Å². The molecule has 0 N–H and O–H groups in total. The van der Waals surface area contributed by atoms with Crippen molar-refractivity contribution in [3.05, 3.63) is 59.1 Å². The monoisotopic (exact) mass is 304 g/mol. The average Bonchev–Trinajstić information content (AvgIpc) is 2.49. The fraction of sp³-hybridized carbons (Fsp3) is 0.235. The Morgan fingerprint density at radius 3 is 2.38 bits per heavy atom. The molecular weight excluding hydrogens is 288 g/mol. The van der Waals surface area contributed by atoms with Crippen LogP contribution in [-0.2, 0) is 11.2 Å². The van der Waals surface area contributed by atoms with Gasteiger partial charge in [0.05, 0.1) is 6.61 Å². The maximum absolute atomic E-state index is 11.9. The van der Waals surface area contributed by atoms with E-state index in [0.717, 1.165) is 5.56 Å². The smallest absolute Gasteiger partial charge is 0.311 e. The molecule has 0 bridgehead atoms. The van der Waals surface area contributed by atoms with E-state index in [1.165, 1.54) is 0 Å². The molecule has 0 aromatic heterocycles. The molecule has 0 fully saturated rings. The van der Waals surface area contributed by atoms with E-state index >= 15 is 0 Å². The summed E-state index contributed by atoms with van der Waals surface area (Å²) >= 11 is 5.82. The van der Waals surface area contributed by atoms with Crippen LogP contribution in [0, 0.1) is 0 Å². The third-order valence-corrected chi connectivity index (χ3v) is 3.16. The van der Waals surface area contributed by atoms with Gasteiger partial charge in [0.2, 0.25) is 0 Å². The number of esters is 1. The molecule has 0 radical (unpaired) electrons. The molecule has 0 unspecified atom stereocenters. The summed E-state index contributed by atoms with van der Waals surface area (Å²) in [5.41, 5.74) is 1.05. The number of aryl methyl sites for hydroxylation is 1. The highest BCUT2D eigenvalue weighted by atomic mass is 35.5. The number of benzene rings is 2.